The van der Waals surface area contributed by atoms with Crippen molar-refractivity contribution in [1.29, 1.82) is 0 Å². The summed E-state index contributed by atoms with van der Waals surface area (Å²) in [6.45, 7) is 1.92. The van der Waals surface area contributed by atoms with Crippen molar-refractivity contribution >= 4 is 5.78 Å². The minimum absolute atomic E-state index is 0.0930. The number of carbonyl (C=O) groups is 1. The summed E-state index contributed by atoms with van der Waals surface area (Å²) in [6.07, 6.45) is -2.54. The summed E-state index contributed by atoms with van der Waals surface area (Å²) in [7, 11) is 3.70. The van der Waals surface area contributed by atoms with Crippen LogP contribution in [-0.4, -0.2) is 24.8 Å². The average Bonchev–Trinajstić information content (AvgIpc) is 2.15. The van der Waals surface area contributed by atoms with Crippen LogP contribution in [0.3, 0.4) is 0 Å². The van der Waals surface area contributed by atoms with Gasteiger partial charge in [0.2, 0.25) is 0 Å². The van der Waals surface area contributed by atoms with Gasteiger partial charge < -0.3 is 4.90 Å². The predicted molar refractivity (Wildman–Crippen MR) is 58.8 cm³/mol. The molecule has 16 heavy (non-hydrogen) atoms. The molecule has 2 nitrogen and oxygen atoms in total. The van der Waals surface area contributed by atoms with Gasteiger partial charge in [0.15, 0.2) is 5.78 Å². The van der Waals surface area contributed by atoms with Crippen LogP contribution in [0.2, 0.25) is 0 Å². The summed E-state index contributed by atoms with van der Waals surface area (Å²) in [5.41, 5.74) is 0.979. The fourth-order valence-corrected chi connectivity index (χ4v) is 1.50. The Morgan fingerprint density at radius 3 is 2.38 bits per heavy atom. The number of rotatable bonds is 4. The molecule has 0 N–H and O–H groups in total. The lowest BCUT2D eigenvalue weighted by molar-refractivity contribution is 0.101. The van der Waals surface area contributed by atoms with Crippen LogP contribution in [-0.2, 0) is 6.54 Å². The van der Waals surface area contributed by atoms with Crippen molar-refractivity contribution in [3.05, 3.63) is 34.9 Å². The lowest BCUT2D eigenvalue weighted by Gasteiger charge is -2.12. The third-order valence-corrected chi connectivity index (χ3v) is 2.17. The Bertz CT molecular complexity index is 389. The maximum atomic E-state index is 12.6. The zero-order valence-corrected chi connectivity index (χ0v) is 9.63. The van der Waals surface area contributed by atoms with E-state index in [-0.39, 0.29) is 11.3 Å². The van der Waals surface area contributed by atoms with Crippen molar-refractivity contribution in [1.82, 2.24) is 4.90 Å². The van der Waals surface area contributed by atoms with E-state index in [1.807, 2.05) is 19.0 Å². The van der Waals surface area contributed by atoms with Gasteiger partial charge in [-0.1, -0.05) is 0 Å². The number of ketones is 1. The van der Waals surface area contributed by atoms with Gasteiger partial charge in [-0.3, -0.25) is 4.79 Å². The Labute approximate surface area is 93.9 Å². The third kappa shape index (κ3) is 3.38. The van der Waals surface area contributed by atoms with Crippen LogP contribution in [0.15, 0.2) is 18.2 Å². The fraction of sp³-hybridized carbons (Fsp3) is 0.417. The first-order chi connectivity index (χ1) is 7.40. The molecule has 4 heteroatoms. The first-order valence-corrected chi connectivity index (χ1v) is 4.98. The maximum absolute atomic E-state index is 12.6. The number of halogens is 2. The van der Waals surface area contributed by atoms with E-state index < -0.39 is 6.43 Å². The van der Waals surface area contributed by atoms with Crippen LogP contribution in [0, 0.1) is 0 Å². The maximum Gasteiger partial charge on any atom is 0.263 e. The van der Waals surface area contributed by atoms with Gasteiger partial charge in [-0.25, -0.2) is 8.78 Å². The lowest BCUT2D eigenvalue weighted by Crippen LogP contribution is -2.11. The van der Waals surface area contributed by atoms with E-state index >= 15 is 0 Å². The summed E-state index contributed by atoms with van der Waals surface area (Å²) in [4.78, 5) is 13.1. The molecule has 0 aromatic heterocycles. The number of nitrogens with zero attached hydrogens (tertiary/aromatic N) is 1. The largest absolute Gasteiger partial charge is 0.305 e. The highest BCUT2D eigenvalue weighted by molar-refractivity contribution is 5.94. The van der Waals surface area contributed by atoms with Gasteiger partial charge in [0, 0.05) is 17.7 Å². The van der Waals surface area contributed by atoms with Crippen molar-refractivity contribution in [2.75, 3.05) is 14.1 Å². The number of Topliss-reactive ketones (excluding diaryl/α,β-unsaturated/α-hetero) is 1. The molecule has 0 aliphatic rings. The van der Waals surface area contributed by atoms with E-state index in [0.717, 1.165) is 5.56 Å². The van der Waals surface area contributed by atoms with Crippen LogP contribution < -0.4 is 0 Å². The van der Waals surface area contributed by atoms with Gasteiger partial charge in [0.25, 0.3) is 6.43 Å². The molecular weight excluding hydrogens is 212 g/mol. The number of benzene rings is 1. The molecule has 1 aromatic carbocycles. The predicted octanol–water partition coefficient (Wildman–Crippen LogP) is 2.89. The molecule has 0 aliphatic heterocycles. The molecule has 0 aliphatic carbocycles. The molecule has 0 saturated heterocycles. The summed E-state index contributed by atoms with van der Waals surface area (Å²) in [5.74, 6) is -0.192. The molecule has 1 aromatic rings. The highest BCUT2D eigenvalue weighted by Crippen LogP contribution is 2.22. The molecule has 0 radical (unpaired) electrons. The topological polar surface area (TPSA) is 20.3 Å². The van der Waals surface area contributed by atoms with Crippen LogP contribution in [0.4, 0.5) is 8.78 Å². The van der Waals surface area contributed by atoms with Crippen LogP contribution >= 0.6 is 0 Å². The Morgan fingerprint density at radius 2 is 1.94 bits per heavy atom. The Balaban J connectivity index is 3.13. The zero-order chi connectivity index (χ0) is 12.3. The van der Waals surface area contributed by atoms with E-state index in [0.29, 0.717) is 12.1 Å². The third-order valence-electron chi connectivity index (χ3n) is 2.17. The lowest BCUT2D eigenvalue weighted by atomic mass is 10.0. The van der Waals surface area contributed by atoms with Crippen molar-refractivity contribution < 1.29 is 13.6 Å². The second-order valence-electron chi connectivity index (χ2n) is 4.06. The van der Waals surface area contributed by atoms with Gasteiger partial charge in [-0.2, -0.15) is 0 Å². The van der Waals surface area contributed by atoms with Crippen molar-refractivity contribution in [2.45, 2.75) is 19.9 Å². The van der Waals surface area contributed by atoms with Crippen LogP contribution in [0.1, 0.15) is 34.8 Å². The molecule has 1 rings (SSSR count). The quantitative estimate of drug-likeness (QED) is 0.737. The summed E-state index contributed by atoms with van der Waals surface area (Å²) < 4.78 is 25.2. The number of alkyl halides is 2. The molecule has 0 fully saturated rings. The summed E-state index contributed by atoms with van der Waals surface area (Å²) >= 11 is 0. The van der Waals surface area contributed by atoms with E-state index in [2.05, 4.69) is 0 Å². The van der Waals surface area contributed by atoms with E-state index in [1.165, 1.54) is 19.1 Å². The number of hydrogen-bond acceptors (Lipinski definition) is 2. The van der Waals surface area contributed by atoms with Crippen LogP contribution in [0.25, 0.3) is 0 Å². The monoisotopic (exact) mass is 227 g/mol. The van der Waals surface area contributed by atoms with Gasteiger partial charge in [0.1, 0.15) is 0 Å². The minimum atomic E-state index is -2.54. The molecule has 0 amide bonds. The minimum Gasteiger partial charge on any atom is -0.305 e. The van der Waals surface area contributed by atoms with E-state index in [9.17, 15) is 13.6 Å². The van der Waals surface area contributed by atoms with Crippen LogP contribution in [0.5, 0.6) is 0 Å². The Hall–Kier alpha value is -1.29. The molecule has 0 spiro atoms. The Kier molecular flexibility index (Phi) is 4.12. The molecule has 0 saturated carbocycles. The van der Waals surface area contributed by atoms with Gasteiger partial charge >= 0.3 is 0 Å². The van der Waals surface area contributed by atoms with Gasteiger partial charge in [-0.05, 0) is 44.8 Å². The molecule has 0 heterocycles. The molecule has 0 bridgehead atoms. The van der Waals surface area contributed by atoms with E-state index in [1.54, 1.807) is 6.07 Å². The first kappa shape index (κ1) is 12.8. The second kappa shape index (κ2) is 5.16. The van der Waals surface area contributed by atoms with Crippen molar-refractivity contribution in [3.63, 3.8) is 0 Å². The van der Waals surface area contributed by atoms with Crippen molar-refractivity contribution in [2.24, 2.45) is 0 Å². The molecule has 0 unspecified atom stereocenters. The summed E-state index contributed by atoms with van der Waals surface area (Å²) in [5, 5.41) is 0. The second-order valence-corrected chi connectivity index (χ2v) is 4.06. The van der Waals surface area contributed by atoms with E-state index in [4.69, 9.17) is 0 Å². The fourth-order valence-electron chi connectivity index (χ4n) is 1.50. The Morgan fingerprint density at radius 1 is 1.31 bits per heavy atom. The molecule has 0 atom stereocenters. The number of carbonyl (C=O) groups excluding carboxylic acids is 1. The highest BCUT2D eigenvalue weighted by Gasteiger charge is 2.12. The zero-order valence-electron chi connectivity index (χ0n) is 9.63. The normalized spacial score (nSPS) is 11.2. The average molecular weight is 227 g/mol. The standard InChI is InChI=1S/C12H15F2NO/c1-8(16)10-4-9(7-15(2)3)5-11(6-10)12(13)14/h4-6,12H,7H2,1-3H3. The van der Waals surface area contributed by atoms with Gasteiger partial charge in [-0.15, -0.1) is 0 Å². The van der Waals surface area contributed by atoms with Crippen molar-refractivity contribution in [3.8, 4) is 0 Å². The smallest absolute Gasteiger partial charge is 0.263 e. The highest BCUT2D eigenvalue weighted by atomic mass is 19.3. The number of hydrogen-bond donors (Lipinski definition) is 0. The SMILES string of the molecule is CC(=O)c1cc(CN(C)C)cc(C(F)F)c1. The molecular formula is C12H15F2NO. The summed E-state index contributed by atoms with van der Waals surface area (Å²) in [6, 6.07) is 4.36. The molecule has 88 valence electrons. The first-order valence-electron chi connectivity index (χ1n) is 4.98. The van der Waals surface area contributed by atoms with Gasteiger partial charge in [0.05, 0.1) is 0 Å².